The maximum Gasteiger partial charge on any atom is 0.516 e. The molecule has 20 heavy (non-hydrogen) atoms. The molecule has 0 aliphatic rings. The summed E-state index contributed by atoms with van der Waals surface area (Å²) in [6.07, 6.45) is -1.50. The highest BCUT2D eigenvalue weighted by Crippen LogP contribution is 2.07. The van der Waals surface area contributed by atoms with Crippen LogP contribution < -0.4 is 5.32 Å². The first kappa shape index (κ1) is 18.2. The number of nitrogens with one attached hydrogen (secondary N) is 1. The van der Waals surface area contributed by atoms with E-state index in [9.17, 15) is 14.4 Å². The van der Waals surface area contributed by atoms with Crippen molar-refractivity contribution in [2.75, 3.05) is 13.7 Å². The topological polar surface area (TPSA) is 90.9 Å². The Labute approximate surface area is 118 Å². The zero-order chi connectivity index (χ0) is 15.7. The smallest absolute Gasteiger partial charge is 0.453 e. The van der Waals surface area contributed by atoms with E-state index in [1.54, 1.807) is 0 Å². The van der Waals surface area contributed by atoms with Crippen LogP contribution in [0, 0.1) is 11.8 Å². The van der Waals surface area contributed by atoms with E-state index in [0.717, 1.165) is 0 Å². The Morgan fingerprint density at radius 3 is 2.10 bits per heavy atom. The number of methoxy groups -OCH3 is 1. The fourth-order valence-electron chi connectivity index (χ4n) is 1.30. The van der Waals surface area contributed by atoms with Crippen molar-refractivity contribution in [1.82, 2.24) is 5.32 Å². The molecule has 0 heterocycles. The molecule has 116 valence electrons. The maximum absolute atomic E-state index is 11.8. The van der Waals surface area contributed by atoms with Gasteiger partial charge in [0.15, 0.2) is 0 Å². The van der Waals surface area contributed by atoms with Gasteiger partial charge in [0.25, 0.3) is 0 Å². The van der Waals surface area contributed by atoms with Crippen molar-refractivity contribution in [1.29, 1.82) is 0 Å². The molecule has 0 saturated carbocycles. The first-order valence-corrected chi connectivity index (χ1v) is 6.49. The van der Waals surface area contributed by atoms with Crippen LogP contribution in [0.3, 0.4) is 0 Å². The normalized spacial score (nSPS) is 11.9. The monoisotopic (exact) mass is 289 g/mol. The van der Waals surface area contributed by atoms with Crippen molar-refractivity contribution >= 4 is 18.2 Å². The molecule has 0 unspecified atom stereocenters. The van der Waals surface area contributed by atoms with Gasteiger partial charge in [0.2, 0.25) is 0 Å². The highest BCUT2D eigenvalue weighted by atomic mass is 16.7. The minimum Gasteiger partial charge on any atom is -0.453 e. The molecule has 0 aromatic rings. The van der Waals surface area contributed by atoms with Crippen molar-refractivity contribution in [3.63, 3.8) is 0 Å². The summed E-state index contributed by atoms with van der Waals surface area (Å²) in [5.41, 5.74) is 0. The summed E-state index contributed by atoms with van der Waals surface area (Å²) in [6.45, 7) is 7.61. The molecular formula is C13H23NO6. The van der Waals surface area contributed by atoms with E-state index in [1.165, 1.54) is 7.11 Å². The summed E-state index contributed by atoms with van der Waals surface area (Å²) in [5.74, 6) is -0.605. The van der Waals surface area contributed by atoms with Crippen molar-refractivity contribution in [2.24, 2.45) is 11.8 Å². The van der Waals surface area contributed by atoms with Crippen molar-refractivity contribution in [3.8, 4) is 0 Å². The Bertz CT molecular complexity index is 340. The number of hydrogen-bond donors (Lipinski definition) is 1. The molecule has 0 rings (SSSR count). The van der Waals surface area contributed by atoms with Crippen LogP contribution >= 0.6 is 0 Å². The van der Waals surface area contributed by atoms with Crippen LogP contribution in [-0.2, 0) is 19.0 Å². The zero-order valence-electron chi connectivity index (χ0n) is 12.6. The second-order valence-corrected chi connectivity index (χ2v) is 5.19. The van der Waals surface area contributed by atoms with Gasteiger partial charge in [0.05, 0.1) is 13.7 Å². The van der Waals surface area contributed by atoms with Crippen LogP contribution in [0.15, 0.2) is 0 Å². The van der Waals surface area contributed by atoms with Gasteiger partial charge in [-0.3, -0.25) is 0 Å². The third-order valence-corrected chi connectivity index (χ3v) is 2.19. The van der Waals surface area contributed by atoms with E-state index in [2.05, 4.69) is 14.8 Å². The number of carbonyl (C=O) groups is 3. The third-order valence-electron chi connectivity index (χ3n) is 2.19. The van der Waals surface area contributed by atoms with E-state index >= 15 is 0 Å². The van der Waals surface area contributed by atoms with Gasteiger partial charge in [-0.1, -0.05) is 27.7 Å². The lowest BCUT2D eigenvalue weighted by molar-refractivity contribution is -0.142. The fourth-order valence-corrected chi connectivity index (χ4v) is 1.30. The number of esters is 1. The molecule has 0 aromatic heterocycles. The summed E-state index contributed by atoms with van der Waals surface area (Å²) in [6, 6.07) is -0.950. The van der Waals surface area contributed by atoms with Crippen LogP contribution in [0.5, 0.6) is 0 Å². The van der Waals surface area contributed by atoms with Gasteiger partial charge < -0.3 is 19.5 Å². The Hall–Kier alpha value is -1.79. The van der Waals surface area contributed by atoms with Gasteiger partial charge in [-0.2, -0.15) is 0 Å². The number of ether oxygens (including phenoxy) is 3. The van der Waals surface area contributed by atoms with Gasteiger partial charge in [0, 0.05) is 0 Å². The zero-order valence-corrected chi connectivity index (χ0v) is 12.6. The Kier molecular flexibility index (Phi) is 8.35. The summed E-state index contributed by atoms with van der Waals surface area (Å²) in [7, 11) is 1.18. The van der Waals surface area contributed by atoms with Gasteiger partial charge in [-0.05, 0) is 18.3 Å². The SMILES string of the molecule is COC(=O)N[C@@H](CC(C)C)C(=O)OC(=O)OCC(C)C. The first-order valence-electron chi connectivity index (χ1n) is 6.49. The molecule has 0 radical (unpaired) electrons. The maximum atomic E-state index is 11.8. The van der Waals surface area contributed by atoms with Gasteiger partial charge in [0.1, 0.15) is 6.04 Å². The van der Waals surface area contributed by atoms with Crippen LogP contribution in [0.25, 0.3) is 0 Å². The molecule has 0 aliphatic carbocycles. The predicted octanol–water partition coefficient (Wildman–Crippen LogP) is 2.09. The van der Waals surface area contributed by atoms with E-state index in [1.807, 2.05) is 27.7 Å². The minimum absolute atomic E-state index is 0.122. The summed E-state index contributed by atoms with van der Waals surface area (Å²) in [4.78, 5) is 34.2. The summed E-state index contributed by atoms with van der Waals surface area (Å²) in [5, 5.41) is 2.32. The average Bonchev–Trinajstić information content (AvgIpc) is 2.34. The third kappa shape index (κ3) is 8.34. The van der Waals surface area contributed by atoms with Gasteiger partial charge >= 0.3 is 18.2 Å². The molecule has 0 saturated heterocycles. The van der Waals surface area contributed by atoms with Crippen LogP contribution in [0.1, 0.15) is 34.1 Å². The van der Waals surface area contributed by atoms with E-state index in [4.69, 9.17) is 4.74 Å². The van der Waals surface area contributed by atoms with Crippen LogP contribution in [0.4, 0.5) is 9.59 Å². The fraction of sp³-hybridized carbons (Fsp3) is 0.769. The van der Waals surface area contributed by atoms with E-state index in [-0.39, 0.29) is 18.4 Å². The molecule has 0 bridgehead atoms. The van der Waals surface area contributed by atoms with Gasteiger partial charge in [-0.15, -0.1) is 0 Å². The second-order valence-electron chi connectivity index (χ2n) is 5.19. The Morgan fingerprint density at radius 1 is 1.05 bits per heavy atom. The van der Waals surface area contributed by atoms with Gasteiger partial charge in [-0.25, -0.2) is 14.4 Å². The Morgan fingerprint density at radius 2 is 1.65 bits per heavy atom. The predicted molar refractivity (Wildman–Crippen MR) is 71.1 cm³/mol. The lowest BCUT2D eigenvalue weighted by Gasteiger charge is -2.17. The standard InChI is InChI=1S/C13H23NO6/c1-8(2)6-10(14-12(16)18-5)11(15)20-13(17)19-7-9(3)4/h8-10H,6-7H2,1-5H3,(H,14,16)/t10-/m0/s1. The van der Waals surface area contributed by atoms with Crippen molar-refractivity contribution in [2.45, 2.75) is 40.2 Å². The largest absolute Gasteiger partial charge is 0.516 e. The number of rotatable bonds is 6. The van der Waals surface area contributed by atoms with E-state index in [0.29, 0.717) is 6.42 Å². The minimum atomic E-state index is -1.07. The Balaban J connectivity index is 4.46. The highest BCUT2D eigenvalue weighted by molar-refractivity contribution is 5.88. The molecule has 1 atom stereocenters. The van der Waals surface area contributed by atoms with Crippen molar-refractivity contribution < 1.29 is 28.6 Å². The van der Waals surface area contributed by atoms with Crippen molar-refractivity contribution in [3.05, 3.63) is 0 Å². The summed E-state index contributed by atoms with van der Waals surface area (Å²) >= 11 is 0. The second kappa shape index (κ2) is 9.17. The number of alkyl carbamates (subject to hydrolysis) is 1. The first-order chi connectivity index (χ1) is 9.26. The molecule has 0 aliphatic heterocycles. The van der Waals surface area contributed by atoms with Crippen LogP contribution in [0.2, 0.25) is 0 Å². The highest BCUT2D eigenvalue weighted by Gasteiger charge is 2.26. The average molecular weight is 289 g/mol. The number of hydrogen-bond acceptors (Lipinski definition) is 6. The molecule has 7 heteroatoms. The number of amides is 1. The van der Waals surface area contributed by atoms with E-state index < -0.39 is 24.3 Å². The molecule has 0 fully saturated rings. The quantitative estimate of drug-likeness (QED) is 0.594. The molecular weight excluding hydrogens is 266 g/mol. The van der Waals surface area contributed by atoms with Crippen LogP contribution in [-0.4, -0.2) is 38.0 Å². The molecule has 0 spiro atoms. The lowest BCUT2D eigenvalue weighted by atomic mass is 10.0. The molecule has 1 amide bonds. The molecule has 1 N–H and O–H groups in total. The number of carbonyl (C=O) groups excluding carboxylic acids is 3. The summed E-state index contributed by atoms with van der Waals surface area (Å²) < 4.78 is 13.7. The molecule has 7 nitrogen and oxygen atoms in total. The lowest BCUT2D eigenvalue weighted by Crippen LogP contribution is -2.43. The molecule has 0 aromatic carbocycles.